The van der Waals surface area contributed by atoms with Gasteiger partial charge in [-0.1, -0.05) is 163 Å². The van der Waals surface area contributed by atoms with Gasteiger partial charge in [0.15, 0.2) is 0 Å². The van der Waals surface area contributed by atoms with Crippen LogP contribution in [0.5, 0.6) is 0 Å². The van der Waals surface area contributed by atoms with Crippen LogP contribution in [0.25, 0.3) is 0 Å². The standard InChI is InChI=1S/C40H49NO3Si2/c1-38(2,3)45(31-19-11-7-12-20-31,32-21-13-8-14-22-32)42-36-30-41-35(29-40(44-41)27-28-40)37(36)43-46(39(4,5)6,33-23-15-9-16-24-33)34-25-17-10-18-26-34/h7-26,35-37H,27-30H2,1-6H3/t35-,36+,37+/m0/s1. The lowest BCUT2D eigenvalue weighted by Crippen LogP contribution is -2.71. The van der Waals surface area contributed by atoms with Crippen LogP contribution in [0.4, 0.5) is 0 Å². The topological polar surface area (TPSA) is 30.9 Å². The molecule has 0 unspecified atom stereocenters. The maximum Gasteiger partial charge on any atom is 0.261 e. The van der Waals surface area contributed by atoms with Gasteiger partial charge in [0.1, 0.15) is 0 Å². The number of hydrogen-bond donors (Lipinski definition) is 0. The average molecular weight is 648 g/mol. The number of nitrogens with zero attached hydrogens (tertiary/aromatic N) is 1. The fourth-order valence-electron chi connectivity index (χ4n) is 8.33. The lowest BCUT2D eigenvalue weighted by molar-refractivity contribution is -0.163. The van der Waals surface area contributed by atoms with Crippen LogP contribution < -0.4 is 20.7 Å². The SMILES string of the molecule is CC(C)(C)[Si](O[C@H]1[C@H](O[Si](c2ccccc2)(c2ccccc2)C(C)(C)C)CN2OC3(CC3)C[C@@H]12)(c1ccccc1)c1ccccc1. The van der Waals surface area contributed by atoms with E-state index in [0.29, 0.717) is 6.54 Å². The maximum absolute atomic E-state index is 8.03. The first-order chi connectivity index (χ1) is 22.0. The van der Waals surface area contributed by atoms with Gasteiger partial charge in [-0.15, -0.1) is 0 Å². The van der Waals surface area contributed by atoms with Gasteiger partial charge in [0, 0.05) is 0 Å². The third-order valence-corrected chi connectivity index (χ3v) is 20.7. The van der Waals surface area contributed by atoms with Crippen LogP contribution in [0.1, 0.15) is 60.8 Å². The molecule has 3 fully saturated rings. The summed E-state index contributed by atoms with van der Waals surface area (Å²) in [6.07, 6.45) is 2.96. The van der Waals surface area contributed by atoms with Gasteiger partial charge in [-0.3, -0.25) is 4.84 Å². The zero-order valence-corrected chi connectivity index (χ0v) is 30.3. The Bertz CT molecular complexity index is 1540. The number of fused-ring (bicyclic) bond motifs is 1. The van der Waals surface area contributed by atoms with E-state index in [2.05, 4.69) is 168 Å². The summed E-state index contributed by atoms with van der Waals surface area (Å²) in [5.41, 5.74) is -0.0138. The van der Waals surface area contributed by atoms with Crippen molar-refractivity contribution in [2.24, 2.45) is 0 Å². The highest BCUT2D eigenvalue weighted by Crippen LogP contribution is 2.54. The highest BCUT2D eigenvalue weighted by molar-refractivity contribution is 7.00. The van der Waals surface area contributed by atoms with E-state index >= 15 is 0 Å². The zero-order chi connectivity index (χ0) is 32.2. The van der Waals surface area contributed by atoms with Crippen molar-refractivity contribution < 1.29 is 13.7 Å². The van der Waals surface area contributed by atoms with Gasteiger partial charge in [-0.2, -0.15) is 5.06 Å². The second-order valence-electron chi connectivity index (χ2n) is 15.7. The largest absolute Gasteiger partial charge is 0.400 e. The highest BCUT2D eigenvalue weighted by Gasteiger charge is 2.64. The number of hydroxylamine groups is 2. The quantitative estimate of drug-likeness (QED) is 0.207. The Kier molecular flexibility index (Phi) is 8.06. The van der Waals surface area contributed by atoms with Gasteiger partial charge >= 0.3 is 0 Å². The first-order valence-electron chi connectivity index (χ1n) is 17.0. The van der Waals surface area contributed by atoms with Crippen molar-refractivity contribution in [2.45, 2.75) is 94.7 Å². The molecule has 0 aromatic heterocycles. The molecule has 4 aromatic carbocycles. The van der Waals surface area contributed by atoms with E-state index in [4.69, 9.17) is 13.7 Å². The van der Waals surface area contributed by atoms with Crippen molar-refractivity contribution in [1.82, 2.24) is 5.06 Å². The van der Waals surface area contributed by atoms with Crippen LogP contribution in [0, 0.1) is 0 Å². The predicted molar refractivity (Wildman–Crippen MR) is 193 cm³/mol. The van der Waals surface area contributed by atoms with Crippen molar-refractivity contribution in [2.75, 3.05) is 6.54 Å². The molecule has 1 saturated carbocycles. The van der Waals surface area contributed by atoms with E-state index < -0.39 is 16.6 Å². The lowest BCUT2D eigenvalue weighted by atomic mass is 10.0. The molecule has 1 spiro atoms. The smallest absolute Gasteiger partial charge is 0.261 e. The second kappa shape index (κ2) is 11.7. The van der Waals surface area contributed by atoms with Gasteiger partial charge in [0.25, 0.3) is 16.6 Å². The molecule has 3 aliphatic rings. The fourth-order valence-corrected chi connectivity index (χ4v) is 17.7. The third-order valence-electron chi connectivity index (χ3n) is 10.6. The molecule has 2 saturated heterocycles. The van der Waals surface area contributed by atoms with Gasteiger partial charge in [-0.25, -0.2) is 0 Å². The number of hydrogen-bond acceptors (Lipinski definition) is 4. The molecule has 0 bridgehead atoms. The molecule has 0 N–H and O–H groups in total. The molecule has 2 aliphatic heterocycles. The van der Waals surface area contributed by atoms with Gasteiger partial charge < -0.3 is 8.85 Å². The van der Waals surface area contributed by atoms with Crippen LogP contribution in [0.15, 0.2) is 121 Å². The van der Waals surface area contributed by atoms with Crippen molar-refractivity contribution in [3.05, 3.63) is 121 Å². The molecule has 46 heavy (non-hydrogen) atoms. The summed E-state index contributed by atoms with van der Waals surface area (Å²) in [6, 6.07) is 44.3. The Morgan fingerprint density at radius 1 is 0.587 bits per heavy atom. The van der Waals surface area contributed by atoms with Crippen LogP contribution in [0.2, 0.25) is 10.1 Å². The minimum Gasteiger partial charge on any atom is -0.400 e. The Morgan fingerprint density at radius 2 is 0.957 bits per heavy atom. The van der Waals surface area contributed by atoms with Crippen LogP contribution >= 0.6 is 0 Å². The van der Waals surface area contributed by atoms with Crippen LogP contribution in [-0.2, 0) is 13.7 Å². The van der Waals surface area contributed by atoms with Crippen molar-refractivity contribution in [3.8, 4) is 0 Å². The molecular formula is C40H49NO3Si2. The molecule has 240 valence electrons. The Labute approximate surface area is 277 Å². The Hall–Kier alpha value is -2.85. The lowest BCUT2D eigenvalue weighted by Gasteiger charge is -2.48. The molecule has 6 heteroatoms. The van der Waals surface area contributed by atoms with Crippen molar-refractivity contribution >= 4 is 37.4 Å². The van der Waals surface area contributed by atoms with Gasteiger partial charge in [0.05, 0.1) is 30.4 Å². The average Bonchev–Trinajstić information content (AvgIpc) is 3.62. The van der Waals surface area contributed by atoms with Crippen LogP contribution in [-0.4, -0.2) is 52.1 Å². The number of benzene rings is 4. The molecule has 4 aromatic rings. The summed E-state index contributed by atoms with van der Waals surface area (Å²) in [7, 11) is -5.72. The van der Waals surface area contributed by atoms with Crippen LogP contribution in [0.3, 0.4) is 0 Å². The van der Waals surface area contributed by atoms with Crippen molar-refractivity contribution in [3.63, 3.8) is 0 Å². The minimum atomic E-state index is -2.87. The maximum atomic E-state index is 8.03. The summed E-state index contributed by atoms with van der Waals surface area (Å²) in [6.45, 7) is 14.9. The third kappa shape index (κ3) is 5.28. The summed E-state index contributed by atoms with van der Waals surface area (Å²) < 4.78 is 15.9. The Morgan fingerprint density at radius 3 is 1.30 bits per heavy atom. The first kappa shape index (κ1) is 31.7. The minimum absolute atomic E-state index is 0.0138. The Balaban J connectivity index is 1.40. The summed E-state index contributed by atoms with van der Waals surface area (Å²) in [5, 5.41) is 7.19. The van der Waals surface area contributed by atoms with E-state index in [0.717, 1.165) is 19.3 Å². The summed E-state index contributed by atoms with van der Waals surface area (Å²) in [5.74, 6) is 0. The molecule has 2 heterocycles. The van der Waals surface area contributed by atoms with E-state index in [1.54, 1.807) is 0 Å². The summed E-state index contributed by atoms with van der Waals surface area (Å²) in [4.78, 5) is 6.77. The molecule has 0 radical (unpaired) electrons. The molecular weight excluding hydrogens is 599 g/mol. The fraction of sp³-hybridized carbons (Fsp3) is 0.400. The van der Waals surface area contributed by atoms with E-state index in [1.807, 2.05) is 0 Å². The zero-order valence-electron chi connectivity index (χ0n) is 28.3. The van der Waals surface area contributed by atoms with Gasteiger partial charge in [-0.05, 0) is 50.1 Å². The summed E-state index contributed by atoms with van der Waals surface area (Å²) >= 11 is 0. The van der Waals surface area contributed by atoms with Crippen molar-refractivity contribution in [1.29, 1.82) is 0 Å². The van der Waals surface area contributed by atoms with E-state index in [9.17, 15) is 0 Å². The first-order valence-corrected chi connectivity index (χ1v) is 20.8. The molecule has 4 nitrogen and oxygen atoms in total. The molecule has 1 aliphatic carbocycles. The molecule has 7 rings (SSSR count). The number of rotatable bonds is 8. The normalized spacial score (nSPS) is 23.0. The highest BCUT2D eigenvalue weighted by atomic mass is 28.4. The molecule has 3 atom stereocenters. The van der Waals surface area contributed by atoms with E-state index in [1.165, 1.54) is 20.7 Å². The second-order valence-corrected chi connectivity index (χ2v) is 24.2. The van der Waals surface area contributed by atoms with Gasteiger partial charge in [0.2, 0.25) is 0 Å². The predicted octanol–water partition coefficient (Wildman–Crippen LogP) is 6.43. The van der Waals surface area contributed by atoms with E-state index in [-0.39, 0.29) is 33.9 Å². The monoisotopic (exact) mass is 647 g/mol. The molecule has 0 amide bonds.